The van der Waals surface area contributed by atoms with E-state index in [1.807, 2.05) is 47.8 Å². The van der Waals surface area contributed by atoms with Gasteiger partial charge in [0.25, 0.3) is 0 Å². The molecule has 0 atom stereocenters. The van der Waals surface area contributed by atoms with Gasteiger partial charge in [0.2, 0.25) is 5.13 Å². The number of hydrogen-bond donors (Lipinski definition) is 1. The molecule has 1 aliphatic carbocycles. The highest BCUT2D eigenvalue weighted by atomic mass is 79.9. The summed E-state index contributed by atoms with van der Waals surface area (Å²) in [6.07, 6.45) is 6.66. The Morgan fingerprint density at radius 1 is 1.21 bits per heavy atom. The Labute approximate surface area is 182 Å². The van der Waals surface area contributed by atoms with Gasteiger partial charge >= 0.3 is 0 Å². The number of aromatic nitrogens is 1. The van der Waals surface area contributed by atoms with Crippen LogP contribution in [0, 0.1) is 0 Å². The lowest BCUT2D eigenvalue weighted by Crippen LogP contribution is -2.12. The number of rotatable bonds is 7. The van der Waals surface area contributed by atoms with Gasteiger partial charge in [-0.15, -0.1) is 11.3 Å². The third kappa shape index (κ3) is 4.97. The first-order valence-corrected chi connectivity index (χ1v) is 11.2. The fourth-order valence-corrected chi connectivity index (χ4v) is 4.55. The number of hydrogen-bond acceptors (Lipinski definition) is 6. The zero-order valence-corrected chi connectivity index (χ0v) is 18.5. The first kappa shape index (κ1) is 19.9. The number of anilines is 1. The molecule has 0 spiro atoms. The standard InChI is InChI=1S/C22H22BrN3O2S/c1-27-20-12-15(11-18(23)21(20)28-17-9-5-6-10-17)13-24-26-22-25-19(14-29-22)16-7-3-2-4-8-16/h2-4,7-8,11-14,17H,5-6,9-10H2,1H3,(H,25,26). The average Bonchev–Trinajstić information content (AvgIpc) is 3.42. The Hall–Kier alpha value is -2.38. The van der Waals surface area contributed by atoms with Crippen LogP contribution in [0.2, 0.25) is 0 Å². The average molecular weight is 472 g/mol. The highest BCUT2D eigenvalue weighted by Crippen LogP contribution is 2.39. The maximum atomic E-state index is 6.16. The molecule has 0 amide bonds. The lowest BCUT2D eigenvalue weighted by atomic mass is 10.2. The molecule has 5 nitrogen and oxygen atoms in total. The molecule has 0 saturated heterocycles. The Bertz CT molecular complexity index is 985. The van der Waals surface area contributed by atoms with Crippen LogP contribution in [0.15, 0.2) is 57.4 Å². The minimum absolute atomic E-state index is 0.269. The molecular formula is C22H22BrN3O2S. The van der Waals surface area contributed by atoms with Crippen molar-refractivity contribution in [3.8, 4) is 22.8 Å². The Morgan fingerprint density at radius 3 is 2.76 bits per heavy atom. The minimum atomic E-state index is 0.269. The first-order chi connectivity index (χ1) is 14.2. The van der Waals surface area contributed by atoms with E-state index in [1.165, 1.54) is 24.2 Å². The predicted molar refractivity (Wildman–Crippen MR) is 122 cm³/mol. The van der Waals surface area contributed by atoms with Gasteiger partial charge in [0.1, 0.15) is 0 Å². The molecule has 4 rings (SSSR count). The Morgan fingerprint density at radius 2 is 2.00 bits per heavy atom. The molecule has 150 valence electrons. The summed E-state index contributed by atoms with van der Waals surface area (Å²) < 4.78 is 12.6. The number of thiazole rings is 1. The van der Waals surface area contributed by atoms with Gasteiger partial charge in [0, 0.05) is 10.9 Å². The maximum absolute atomic E-state index is 6.16. The number of hydrazone groups is 1. The van der Waals surface area contributed by atoms with E-state index in [0.717, 1.165) is 45.0 Å². The zero-order chi connectivity index (χ0) is 20.1. The summed E-state index contributed by atoms with van der Waals surface area (Å²) in [5.41, 5.74) is 5.93. The molecule has 0 bridgehead atoms. The third-order valence-electron chi connectivity index (χ3n) is 4.79. The number of benzene rings is 2. The molecule has 1 N–H and O–H groups in total. The van der Waals surface area contributed by atoms with Gasteiger partial charge in [-0.25, -0.2) is 4.98 Å². The predicted octanol–water partition coefficient (Wildman–Crippen LogP) is 6.35. The third-order valence-corrected chi connectivity index (χ3v) is 6.12. The van der Waals surface area contributed by atoms with Crippen LogP contribution in [0.25, 0.3) is 11.3 Å². The lowest BCUT2D eigenvalue weighted by molar-refractivity contribution is 0.199. The molecule has 3 aromatic rings. The van der Waals surface area contributed by atoms with E-state index in [1.54, 1.807) is 13.3 Å². The van der Waals surface area contributed by atoms with Gasteiger partial charge in [-0.1, -0.05) is 30.3 Å². The number of methoxy groups -OCH3 is 1. The van der Waals surface area contributed by atoms with Gasteiger partial charge in [0.15, 0.2) is 11.5 Å². The molecule has 1 fully saturated rings. The molecule has 1 aliphatic rings. The van der Waals surface area contributed by atoms with Crippen LogP contribution in [0.5, 0.6) is 11.5 Å². The van der Waals surface area contributed by atoms with E-state index in [-0.39, 0.29) is 6.10 Å². The van der Waals surface area contributed by atoms with Crippen LogP contribution in [0.4, 0.5) is 5.13 Å². The van der Waals surface area contributed by atoms with E-state index in [0.29, 0.717) is 5.75 Å². The quantitative estimate of drug-likeness (QED) is 0.322. The summed E-state index contributed by atoms with van der Waals surface area (Å²) in [5.74, 6) is 1.46. The summed E-state index contributed by atoms with van der Waals surface area (Å²) in [4.78, 5) is 4.57. The molecule has 1 saturated carbocycles. The van der Waals surface area contributed by atoms with E-state index in [9.17, 15) is 0 Å². The number of halogens is 1. The Kier molecular flexibility index (Phi) is 6.46. The summed E-state index contributed by atoms with van der Waals surface area (Å²) >= 11 is 5.14. The largest absolute Gasteiger partial charge is 0.493 e. The van der Waals surface area contributed by atoms with Crippen LogP contribution in [0.3, 0.4) is 0 Å². The molecule has 0 unspecified atom stereocenters. The van der Waals surface area contributed by atoms with E-state index >= 15 is 0 Å². The van der Waals surface area contributed by atoms with Crippen molar-refractivity contribution in [3.63, 3.8) is 0 Å². The minimum Gasteiger partial charge on any atom is -0.493 e. The molecule has 1 heterocycles. The second kappa shape index (κ2) is 9.41. The topological polar surface area (TPSA) is 55.7 Å². The molecule has 0 radical (unpaired) electrons. The SMILES string of the molecule is COc1cc(C=NNc2nc(-c3ccccc3)cs2)cc(Br)c1OC1CCCC1. The van der Waals surface area contributed by atoms with Crippen molar-refractivity contribution >= 4 is 38.6 Å². The van der Waals surface area contributed by atoms with Gasteiger partial charge in [0.05, 0.1) is 29.6 Å². The summed E-state index contributed by atoms with van der Waals surface area (Å²) in [5, 5.41) is 7.08. The van der Waals surface area contributed by atoms with Crippen molar-refractivity contribution in [1.29, 1.82) is 0 Å². The number of ether oxygens (including phenoxy) is 2. The van der Waals surface area contributed by atoms with Gasteiger partial charge in [-0.2, -0.15) is 5.10 Å². The van der Waals surface area contributed by atoms with Crippen molar-refractivity contribution in [3.05, 3.63) is 57.9 Å². The van der Waals surface area contributed by atoms with Crippen LogP contribution in [-0.2, 0) is 0 Å². The second-order valence-corrected chi connectivity index (χ2v) is 8.54. The van der Waals surface area contributed by atoms with E-state index < -0.39 is 0 Å². The van der Waals surface area contributed by atoms with E-state index in [2.05, 4.69) is 31.4 Å². The monoisotopic (exact) mass is 471 g/mol. The lowest BCUT2D eigenvalue weighted by Gasteiger charge is -2.17. The molecule has 7 heteroatoms. The first-order valence-electron chi connectivity index (χ1n) is 9.57. The molecule has 29 heavy (non-hydrogen) atoms. The van der Waals surface area contributed by atoms with Crippen LogP contribution >= 0.6 is 27.3 Å². The second-order valence-electron chi connectivity index (χ2n) is 6.83. The fraction of sp³-hybridized carbons (Fsp3) is 0.273. The van der Waals surface area contributed by atoms with Crippen molar-refractivity contribution in [2.75, 3.05) is 12.5 Å². The van der Waals surface area contributed by atoms with Crippen molar-refractivity contribution in [1.82, 2.24) is 4.98 Å². The van der Waals surface area contributed by atoms with Crippen LogP contribution in [-0.4, -0.2) is 24.4 Å². The molecule has 1 aromatic heterocycles. The summed E-state index contributed by atoms with van der Waals surface area (Å²) in [6, 6.07) is 14.0. The van der Waals surface area contributed by atoms with Gasteiger partial charge < -0.3 is 9.47 Å². The Balaban J connectivity index is 1.44. The van der Waals surface area contributed by atoms with Gasteiger partial charge in [-0.05, 0) is 59.3 Å². The number of nitrogens with zero attached hydrogens (tertiary/aromatic N) is 2. The van der Waals surface area contributed by atoms with Crippen LogP contribution in [0.1, 0.15) is 31.2 Å². The van der Waals surface area contributed by atoms with Crippen molar-refractivity contribution in [2.24, 2.45) is 5.10 Å². The van der Waals surface area contributed by atoms with Crippen molar-refractivity contribution in [2.45, 2.75) is 31.8 Å². The van der Waals surface area contributed by atoms with Gasteiger partial charge in [-0.3, -0.25) is 5.43 Å². The highest BCUT2D eigenvalue weighted by molar-refractivity contribution is 9.10. The molecular weight excluding hydrogens is 450 g/mol. The normalized spacial score (nSPS) is 14.4. The molecule has 0 aliphatic heterocycles. The maximum Gasteiger partial charge on any atom is 0.203 e. The molecule has 2 aromatic carbocycles. The van der Waals surface area contributed by atoms with Crippen LogP contribution < -0.4 is 14.9 Å². The summed E-state index contributed by atoms with van der Waals surface area (Å²) in [6.45, 7) is 0. The smallest absolute Gasteiger partial charge is 0.203 e. The number of nitrogens with one attached hydrogen (secondary N) is 1. The fourth-order valence-electron chi connectivity index (χ4n) is 3.33. The highest BCUT2D eigenvalue weighted by Gasteiger charge is 2.20. The van der Waals surface area contributed by atoms with E-state index in [4.69, 9.17) is 9.47 Å². The zero-order valence-electron chi connectivity index (χ0n) is 16.1. The summed E-state index contributed by atoms with van der Waals surface area (Å²) in [7, 11) is 1.66. The van der Waals surface area contributed by atoms with Crippen molar-refractivity contribution < 1.29 is 9.47 Å².